The highest BCUT2D eigenvalue weighted by Crippen LogP contribution is 1.83. The van der Waals surface area contributed by atoms with E-state index in [9.17, 15) is 4.79 Å². The second-order valence-electron chi connectivity index (χ2n) is 1.94. The van der Waals surface area contributed by atoms with Gasteiger partial charge >= 0.3 is 5.97 Å². The third-order valence-corrected chi connectivity index (χ3v) is 0.774. The van der Waals surface area contributed by atoms with E-state index in [1.807, 2.05) is 0 Å². The molecule has 0 amide bonds. The van der Waals surface area contributed by atoms with E-state index >= 15 is 0 Å². The number of carboxylic acid groups (broad SMARTS) is 1. The van der Waals surface area contributed by atoms with Gasteiger partial charge in [0.25, 0.3) is 0 Å². The minimum Gasteiger partial charge on any atom is -0.481 e. The summed E-state index contributed by atoms with van der Waals surface area (Å²) in [7, 11) is 0. The van der Waals surface area contributed by atoms with Gasteiger partial charge in [-0.15, -0.1) is 0 Å². The fraction of sp³-hybridized carbons (Fsp3) is 0.400. The van der Waals surface area contributed by atoms with Gasteiger partial charge in [0.1, 0.15) is 0 Å². The van der Waals surface area contributed by atoms with Crippen molar-refractivity contribution in [3.63, 3.8) is 0 Å². The fourth-order valence-corrected chi connectivity index (χ4v) is 0.414. The second-order valence-corrected chi connectivity index (χ2v) is 1.94. The largest absolute Gasteiger partial charge is 0.481 e. The lowest BCUT2D eigenvalue weighted by molar-refractivity contribution is -0.135. The van der Waals surface area contributed by atoms with Crippen LogP contribution in [0.25, 0.3) is 0 Å². The van der Waals surface area contributed by atoms with Gasteiger partial charge in [-0.05, 0) is 6.92 Å². The lowest BCUT2D eigenvalue weighted by atomic mass is 10.3. The molecule has 0 spiro atoms. The van der Waals surface area contributed by atoms with Gasteiger partial charge in [-0.25, -0.2) is 5.43 Å². The maximum atomic E-state index is 10.1. The van der Waals surface area contributed by atoms with E-state index in [1.54, 1.807) is 0 Å². The zero-order valence-corrected chi connectivity index (χ0v) is 6.09. The minimum absolute atomic E-state index is 0.153. The normalized spacial score (nSPS) is 10.8. The molecule has 0 bridgehead atoms. The van der Waals surface area contributed by atoms with Crippen molar-refractivity contribution >= 4 is 17.6 Å². The number of carbonyl (C=O) groups is 1. The van der Waals surface area contributed by atoms with Gasteiger partial charge in [-0.3, -0.25) is 10.2 Å². The first-order chi connectivity index (χ1) is 5.02. The zero-order valence-electron chi connectivity index (χ0n) is 6.09. The molecular weight excluding hydrogens is 148 g/mol. The maximum absolute atomic E-state index is 10.1. The van der Waals surface area contributed by atoms with Gasteiger partial charge in [-0.1, -0.05) is 0 Å². The summed E-state index contributed by atoms with van der Waals surface area (Å²) in [5.41, 5.74) is 7.39. The van der Waals surface area contributed by atoms with Crippen molar-refractivity contribution in [3.05, 3.63) is 0 Å². The Morgan fingerprint density at radius 3 is 2.73 bits per heavy atom. The van der Waals surface area contributed by atoms with Gasteiger partial charge < -0.3 is 10.8 Å². The molecule has 6 nitrogen and oxygen atoms in total. The summed E-state index contributed by atoms with van der Waals surface area (Å²) in [5.74, 6) is -1.27. The Morgan fingerprint density at radius 2 is 2.36 bits per heavy atom. The lowest BCUT2D eigenvalue weighted by Crippen LogP contribution is -2.26. The fourth-order valence-electron chi connectivity index (χ4n) is 0.414. The number of nitrogens with two attached hydrogens (primary N) is 1. The number of rotatable bonds is 3. The predicted octanol–water partition coefficient (Wildman–Crippen LogP) is -0.680. The van der Waals surface area contributed by atoms with Crippen molar-refractivity contribution in [2.24, 2.45) is 10.8 Å². The van der Waals surface area contributed by atoms with Crippen LogP contribution in [0.1, 0.15) is 13.3 Å². The molecule has 6 heteroatoms. The molecule has 0 radical (unpaired) electrons. The van der Waals surface area contributed by atoms with Gasteiger partial charge in [0.2, 0.25) is 5.96 Å². The molecule has 0 aromatic rings. The Balaban J connectivity index is 3.81. The van der Waals surface area contributed by atoms with Crippen LogP contribution in [0.5, 0.6) is 0 Å². The van der Waals surface area contributed by atoms with Crippen molar-refractivity contribution in [2.45, 2.75) is 13.3 Å². The molecule has 11 heavy (non-hydrogen) atoms. The second kappa shape index (κ2) is 4.26. The number of hydrogen-bond acceptors (Lipinski definition) is 3. The number of guanidine groups is 1. The first-order valence-corrected chi connectivity index (χ1v) is 2.87. The highest BCUT2D eigenvalue weighted by atomic mass is 16.4. The molecule has 0 aliphatic rings. The van der Waals surface area contributed by atoms with Crippen LogP contribution in [0.15, 0.2) is 5.10 Å². The van der Waals surface area contributed by atoms with Crippen molar-refractivity contribution in [1.29, 1.82) is 5.41 Å². The van der Waals surface area contributed by atoms with E-state index in [4.69, 9.17) is 16.2 Å². The summed E-state index contributed by atoms with van der Waals surface area (Å²) in [6.07, 6.45) is -0.153. The Hall–Kier alpha value is -1.59. The lowest BCUT2D eigenvalue weighted by Gasteiger charge is -1.96. The van der Waals surface area contributed by atoms with Crippen LogP contribution in [0.4, 0.5) is 0 Å². The monoisotopic (exact) mass is 158 g/mol. The number of hydrazone groups is 1. The number of aliphatic carboxylic acids is 1. The average molecular weight is 158 g/mol. The summed E-state index contributed by atoms with van der Waals surface area (Å²) in [5, 5.41) is 18.4. The quantitative estimate of drug-likeness (QED) is 0.247. The molecule has 62 valence electrons. The molecule has 0 atom stereocenters. The van der Waals surface area contributed by atoms with Crippen LogP contribution in [0.3, 0.4) is 0 Å². The van der Waals surface area contributed by atoms with Crippen molar-refractivity contribution in [3.8, 4) is 0 Å². The molecular formula is C5H10N4O2. The summed E-state index contributed by atoms with van der Waals surface area (Å²) in [4.78, 5) is 10.1. The SMILES string of the molecule is CC(CC(=O)O)=NNC(=N)N. The smallest absolute Gasteiger partial charge is 0.309 e. The Kier molecular flexibility index (Phi) is 3.65. The highest BCUT2D eigenvalue weighted by molar-refractivity contribution is 5.97. The van der Waals surface area contributed by atoms with Gasteiger partial charge in [0.05, 0.1) is 6.42 Å². The highest BCUT2D eigenvalue weighted by Gasteiger charge is 1.98. The van der Waals surface area contributed by atoms with E-state index in [1.165, 1.54) is 6.92 Å². The zero-order chi connectivity index (χ0) is 8.85. The van der Waals surface area contributed by atoms with E-state index < -0.39 is 5.97 Å². The van der Waals surface area contributed by atoms with Crippen LogP contribution < -0.4 is 11.2 Å². The van der Waals surface area contributed by atoms with Crippen LogP contribution in [-0.2, 0) is 4.79 Å². The summed E-state index contributed by atoms with van der Waals surface area (Å²) in [6, 6.07) is 0. The molecule has 0 saturated heterocycles. The summed E-state index contributed by atoms with van der Waals surface area (Å²) >= 11 is 0. The molecule has 0 aromatic heterocycles. The number of nitrogens with one attached hydrogen (secondary N) is 2. The Labute approximate surface area is 63.6 Å². The molecule has 5 N–H and O–H groups in total. The van der Waals surface area contributed by atoms with Gasteiger partial charge in [0.15, 0.2) is 0 Å². The van der Waals surface area contributed by atoms with Crippen LogP contribution >= 0.6 is 0 Å². The first-order valence-electron chi connectivity index (χ1n) is 2.87. The van der Waals surface area contributed by atoms with Crippen LogP contribution in [0, 0.1) is 5.41 Å². The molecule has 0 rings (SSSR count). The number of nitrogens with zero attached hydrogens (tertiary/aromatic N) is 1. The van der Waals surface area contributed by atoms with Crippen LogP contribution in [-0.4, -0.2) is 22.7 Å². The van der Waals surface area contributed by atoms with Gasteiger partial charge in [0, 0.05) is 5.71 Å². The molecule has 0 aliphatic carbocycles. The van der Waals surface area contributed by atoms with E-state index in [0.717, 1.165) is 0 Å². The summed E-state index contributed by atoms with van der Waals surface area (Å²) in [6.45, 7) is 1.53. The summed E-state index contributed by atoms with van der Waals surface area (Å²) < 4.78 is 0. The third-order valence-electron chi connectivity index (χ3n) is 0.774. The third kappa shape index (κ3) is 6.29. The number of hydrogen-bond donors (Lipinski definition) is 4. The van der Waals surface area contributed by atoms with E-state index in [2.05, 4.69) is 10.5 Å². The average Bonchev–Trinajstić information content (AvgIpc) is 1.82. The van der Waals surface area contributed by atoms with Crippen LogP contribution in [0.2, 0.25) is 0 Å². The Morgan fingerprint density at radius 1 is 1.82 bits per heavy atom. The van der Waals surface area contributed by atoms with Crippen molar-refractivity contribution in [1.82, 2.24) is 5.43 Å². The molecule has 0 fully saturated rings. The molecule has 0 aromatic carbocycles. The minimum atomic E-state index is -0.961. The molecule has 0 saturated carbocycles. The van der Waals surface area contributed by atoms with E-state index in [0.29, 0.717) is 5.71 Å². The molecule has 0 aliphatic heterocycles. The van der Waals surface area contributed by atoms with Crippen molar-refractivity contribution < 1.29 is 9.90 Å². The predicted molar refractivity (Wildman–Crippen MR) is 40.4 cm³/mol. The van der Waals surface area contributed by atoms with Gasteiger partial charge in [-0.2, -0.15) is 5.10 Å². The molecule has 0 heterocycles. The first kappa shape index (κ1) is 9.41. The van der Waals surface area contributed by atoms with E-state index in [-0.39, 0.29) is 12.4 Å². The standard InChI is InChI=1S/C5H10N4O2/c1-3(2-4(10)11)8-9-5(6)7/h2H2,1H3,(H,10,11)(H4,6,7,9). The maximum Gasteiger partial charge on any atom is 0.309 e. The van der Waals surface area contributed by atoms with Crippen molar-refractivity contribution in [2.75, 3.05) is 0 Å². The number of carboxylic acids is 1. The topological polar surface area (TPSA) is 112 Å². The Bertz CT molecular complexity index is 199. The molecule has 0 unspecified atom stereocenters.